The third kappa shape index (κ3) is 5.01. The van der Waals surface area contributed by atoms with Gasteiger partial charge in [-0.05, 0) is 20.8 Å². The number of nitrogens with zero attached hydrogens (tertiary/aromatic N) is 1. The van der Waals surface area contributed by atoms with Gasteiger partial charge >= 0.3 is 24.3 Å². The fraction of sp³-hybridized carbons (Fsp3) is 0.533. The van der Waals surface area contributed by atoms with Gasteiger partial charge in [-0.15, -0.1) is 0 Å². The Morgan fingerprint density at radius 2 is 1.41 bits per heavy atom. The van der Waals surface area contributed by atoms with Crippen LogP contribution in [0.5, 0.6) is 5.75 Å². The Kier molecular flexibility index (Phi) is 6.68. The first-order chi connectivity index (χ1) is 12.3. The molecule has 0 aliphatic rings. The zero-order valence-corrected chi connectivity index (χ0v) is 14.5. The Balaban J connectivity index is 4.13. The summed E-state index contributed by atoms with van der Waals surface area (Å²) in [6.07, 6.45) is -11.9. The van der Waals surface area contributed by atoms with Crippen LogP contribution in [-0.2, 0) is 21.8 Å². The molecule has 0 unspecified atom stereocenters. The summed E-state index contributed by atoms with van der Waals surface area (Å²) in [7, 11) is 0.712. The van der Waals surface area contributed by atoms with Crippen molar-refractivity contribution in [2.24, 2.45) is 0 Å². The number of carbonyl (C=O) groups is 2. The molecule has 0 aromatic carbocycles. The van der Waals surface area contributed by atoms with Crippen LogP contribution in [0.3, 0.4) is 0 Å². The number of rotatable bonds is 5. The molecule has 0 amide bonds. The average molecular weight is 403 g/mol. The molecule has 0 saturated carbocycles. The number of pyridine rings is 1. The molecule has 0 aliphatic heterocycles. The summed E-state index contributed by atoms with van der Waals surface area (Å²) in [6.45, 7) is 3.44. The lowest BCUT2D eigenvalue weighted by atomic mass is 10.0. The predicted octanol–water partition coefficient (Wildman–Crippen LogP) is 3.87. The number of esters is 2. The highest BCUT2D eigenvalue weighted by Gasteiger charge is 2.48. The summed E-state index contributed by atoms with van der Waals surface area (Å²) in [5.41, 5.74) is -7.26. The monoisotopic (exact) mass is 403 g/mol. The second kappa shape index (κ2) is 8.01. The molecule has 1 aromatic rings. The van der Waals surface area contributed by atoms with Crippen molar-refractivity contribution in [1.29, 1.82) is 0 Å². The molecule has 0 saturated heterocycles. The largest absolute Gasteiger partial charge is 0.489 e. The van der Waals surface area contributed by atoms with E-state index in [1.54, 1.807) is 0 Å². The van der Waals surface area contributed by atoms with Crippen LogP contribution < -0.4 is 4.74 Å². The van der Waals surface area contributed by atoms with E-state index in [0.29, 0.717) is 7.11 Å². The molecule has 0 bridgehead atoms. The van der Waals surface area contributed by atoms with E-state index in [9.17, 15) is 35.9 Å². The van der Waals surface area contributed by atoms with Gasteiger partial charge in [-0.25, -0.2) is 14.6 Å². The molecule has 0 spiro atoms. The molecule has 0 fully saturated rings. The molecule has 27 heavy (non-hydrogen) atoms. The van der Waals surface area contributed by atoms with E-state index in [1.165, 1.54) is 20.8 Å². The van der Waals surface area contributed by atoms with Gasteiger partial charge in [0, 0.05) is 0 Å². The lowest BCUT2D eigenvalue weighted by Crippen LogP contribution is -2.27. The number of hydrogen-bond donors (Lipinski definition) is 0. The van der Waals surface area contributed by atoms with Crippen molar-refractivity contribution in [3.05, 3.63) is 22.5 Å². The predicted molar refractivity (Wildman–Crippen MR) is 77.3 cm³/mol. The number of alkyl halides is 6. The van der Waals surface area contributed by atoms with Gasteiger partial charge in [0.05, 0.1) is 19.8 Å². The maximum absolute atomic E-state index is 13.3. The molecule has 6 nitrogen and oxygen atoms in total. The minimum atomic E-state index is -5.47. The number of ether oxygens (including phenoxy) is 3. The number of aromatic nitrogens is 1. The molecular weight excluding hydrogens is 388 g/mol. The number of methoxy groups -OCH3 is 1. The Morgan fingerprint density at radius 3 is 1.74 bits per heavy atom. The topological polar surface area (TPSA) is 74.7 Å². The summed E-state index contributed by atoms with van der Waals surface area (Å²) in [5, 5.41) is 0. The highest BCUT2D eigenvalue weighted by atomic mass is 19.4. The number of halogens is 6. The van der Waals surface area contributed by atoms with Crippen molar-refractivity contribution in [2.75, 3.05) is 13.7 Å². The van der Waals surface area contributed by atoms with Crippen molar-refractivity contribution < 1.29 is 50.1 Å². The Hall–Kier alpha value is -2.53. The number of carbonyl (C=O) groups excluding carboxylic acids is 2. The molecular formula is C15H15F6NO5. The molecule has 0 atom stereocenters. The van der Waals surface area contributed by atoms with Crippen LogP contribution in [0.15, 0.2) is 0 Å². The maximum atomic E-state index is 13.3. The molecule has 12 heteroatoms. The first-order valence-corrected chi connectivity index (χ1v) is 7.40. The normalized spacial score (nSPS) is 12.1. The zero-order valence-electron chi connectivity index (χ0n) is 14.5. The van der Waals surface area contributed by atoms with Crippen molar-refractivity contribution in [1.82, 2.24) is 4.98 Å². The Labute approximate surface area is 149 Å². The average Bonchev–Trinajstić information content (AvgIpc) is 2.50. The van der Waals surface area contributed by atoms with Gasteiger partial charge in [0.15, 0.2) is 17.1 Å². The molecule has 0 N–H and O–H groups in total. The molecule has 152 valence electrons. The van der Waals surface area contributed by atoms with E-state index < -0.39 is 58.7 Å². The summed E-state index contributed by atoms with van der Waals surface area (Å²) < 4.78 is 93.6. The van der Waals surface area contributed by atoms with Gasteiger partial charge in [-0.3, -0.25) is 0 Å². The summed E-state index contributed by atoms with van der Waals surface area (Å²) in [4.78, 5) is 26.5. The van der Waals surface area contributed by atoms with E-state index in [1.807, 2.05) is 0 Å². The van der Waals surface area contributed by atoms with Gasteiger partial charge in [-0.2, -0.15) is 26.3 Å². The summed E-state index contributed by atoms with van der Waals surface area (Å²) in [5.74, 6) is -4.58. The first kappa shape index (κ1) is 22.5. The fourth-order valence-corrected chi connectivity index (χ4v) is 2.01. The van der Waals surface area contributed by atoms with E-state index in [2.05, 4.69) is 14.5 Å². The maximum Gasteiger partial charge on any atom is 0.434 e. The molecule has 1 aromatic heterocycles. The van der Waals surface area contributed by atoms with Gasteiger partial charge in [0.25, 0.3) is 0 Å². The van der Waals surface area contributed by atoms with Crippen molar-refractivity contribution >= 4 is 11.9 Å². The highest BCUT2D eigenvalue weighted by molar-refractivity contribution is 6.01. The van der Waals surface area contributed by atoms with Crippen molar-refractivity contribution in [3.63, 3.8) is 0 Å². The van der Waals surface area contributed by atoms with Crippen molar-refractivity contribution in [3.8, 4) is 5.75 Å². The third-order valence-corrected chi connectivity index (χ3v) is 2.91. The van der Waals surface area contributed by atoms with Crippen LogP contribution in [-0.4, -0.2) is 36.7 Å². The van der Waals surface area contributed by atoms with Gasteiger partial charge in [0.1, 0.15) is 11.1 Å². The first-order valence-electron chi connectivity index (χ1n) is 7.40. The highest BCUT2D eigenvalue weighted by Crippen LogP contribution is 2.43. The SMILES string of the molecule is CCOC(=O)c1c(C(F)(F)F)nc(C(F)(F)F)c(C(=O)OC)c1OC(C)C. The lowest BCUT2D eigenvalue weighted by Gasteiger charge is -2.22. The quantitative estimate of drug-likeness (QED) is 0.549. The summed E-state index contributed by atoms with van der Waals surface area (Å²) in [6, 6.07) is 0. The van der Waals surface area contributed by atoms with E-state index >= 15 is 0 Å². The van der Waals surface area contributed by atoms with Crippen LogP contribution in [0.1, 0.15) is 52.9 Å². The standard InChI is InChI=1S/C15H15F6NO5/c1-5-26-13(24)8-9(27-6(2)3)7(12(23)25-4)10(14(16,17)18)22-11(8)15(19,20)21/h6H,5H2,1-4H3. The third-order valence-electron chi connectivity index (χ3n) is 2.91. The van der Waals surface area contributed by atoms with Crippen LogP contribution >= 0.6 is 0 Å². The van der Waals surface area contributed by atoms with Gasteiger partial charge in [0.2, 0.25) is 0 Å². The van der Waals surface area contributed by atoms with Crippen LogP contribution in [0.4, 0.5) is 26.3 Å². The smallest absolute Gasteiger partial charge is 0.434 e. The second-order valence-corrected chi connectivity index (χ2v) is 5.26. The van der Waals surface area contributed by atoms with Crippen molar-refractivity contribution in [2.45, 2.75) is 39.2 Å². The minimum Gasteiger partial charge on any atom is -0.489 e. The summed E-state index contributed by atoms with van der Waals surface area (Å²) >= 11 is 0. The molecule has 0 aliphatic carbocycles. The number of hydrogen-bond acceptors (Lipinski definition) is 6. The Morgan fingerprint density at radius 1 is 0.963 bits per heavy atom. The van der Waals surface area contributed by atoms with Gasteiger partial charge in [-0.1, -0.05) is 0 Å². The molecule has 0 radical (unpaired) electrons. The van der Waals surface area contributed by atoms with Gasteiger partial charge < -0.3 is 14.2 Å². The minimum absolute atomic E-state index is 0.383. The fourth-order valence-electron chi connectivity index (χ4n) is 2.01. The van der Waals surface area contributed by atoms with E-state index in [0.717, 1.165) is 0 Å². The zero-order chi connectivity index (χ0) is 21.2. The van der Waals surface area contributed by atoms with Crippen LogP contribution in [0, 0.1) is 0 Å². The van der Waals surface area contributed by atoms with E-state index in [-0.39, 0.29) is 6.61 Å². The molecule has 1 rings (SSSR count). The Bertz CT molecular complexity index is 727. The molecule has 1 heterocycles. The second-order valence-electron chi connectivity index (χ2n) is 5.26. The van der Waals surface area contributed by atoms with Crippen LogP contribution in [0.2, 0.25) is 0 Å². The lowest BCUT2D eigenvalue weighted by molar-refractivity contribution is -0.151. The van der Waals surface area contributed by atoms with E-state index in [4.69, 9.17) is 4.74 Å². The van der Waals surface area contributed by atoms with Crippen LogP contribution in [0.25, 0.3) is 0 Å².